The van der Waals surface area contributed by atoms with Crippen LogP contribution >= 0.6 is 11.8 Å². The fraction of sp³-hybridized carbons (Fsp3) is 0.286. The Morgan fingerprint density at radius 2 is 2.09 bits per heavy atom. The molecule has 1 atom stereocenters. The second kappa shape index (κ2) is 7.08. The molecule has 8 heteroatoms. The SMILES string of the molecule is COc1ccc(/C(C)=N/N=C2\NC(=O)[C@@H](CC(=O)O)S2)cc1. The van der Waals surface area contributed by atoms with Gasteiger partial charge in [-0.3, -0.25) is 9.59 Å². The normalized spacial score (nSPS) is 20.1. The Bertz CT molecular complexity index is 640. The van der Waals surface area contributed by atoms with Crippen LogP contribution in [0.1, 0.15) is 18.9 Å². The van der Waals surface area contributed by atoms with E-state index in [1.54, 1.807) is 14.0 Å². The molecule has 1 saturated heterocycles. The average Bonchev–Trinajstić information content (AvgIpc) is 2.84. The summed E-state index contributed by atoms with van der Waals surface area (Å²) in [7, 11) is 1.59. The van der Waals surface area contributed by atoms with Crippen LogP contribution in [0.15, 0.2) is 34.5 Å². The van der Waals surface area contributed by atoms with E-state index in [2.05, 4.69) is 15.5 Å². The second-order valence-electron chi connectivity index (χ2n) is 4.51. The van der Waals surface area contributed by atoms with Crippen LogP contribution in [0.4, 0.5) is 0 Å². The summed E-state index contributed by atoms with van der Waals surface area (Å²) in [5.41, 5.74) is 1.55. The lowest BCUT2D eigenvalue weighted by Gasteiger charge is -2.01. The van der Waals surface area contributed by atoms with E-state index in [1.807, 2.05) is 24.3 Å². The molecule has 7 nitrogen and oxygen atoms in total. The number of benzene rings is 1. The summed E-state index contributed by atoms with van der Waals surface area (Å²) in [4.78, 5) is 22.2. The summed E-state index contributed by atoms with van der Waals surface area (Å²) in [6.07, 6.45) is -0.239. The molecular weight excluding hydrogens is 306 g/mol. The summed E-state index contributed by atoms with van der Waals surface area (Å²) < 4.78 is 5.08. The second-order valence-corrected chi connectivity index (χ2v) is 5.70. The van der Waals surface area contributed by atoms with Crippen LogP contribution in [0, 0.1) is 0 Å². The molecule has 2 N–H and O–H groups in total. The Kier molecular flexibility index (Phi) is 5.16. The summed E-state index contributed by atoms with van der Waals surface area (Å²) in [6.45, 7) is 1.79. The van der Waals surface area contributed by atoms with Gasteiger partial charge >= 0.3 is 5.97 Å². The molecule has 1 fully saturated rings. The molecule has 0 aliphatic carbocycles. The first-order valence-electron chi connectivity index (χ1n) is 6.45. The number of carboxylic acid groups (broad SMARTS) is 1. The highest BCUT2D eigenvalue weighted by Crippen LogP contribution is 2.22. The topological polar surface area (TPSA) is 100 Å². The van der Waals surface area contributed by atoms with Gasteiger partial charge in [0.1, 0.15) is 11.0 Å². The van der Waals surface area contributed by atoms with Gasteiger partial charge in [-0.05, 0) is 36.8 Å². The number of hydrogen-bond donors (Lipinski definition) is 2. The highest BCUT2D eigenvalue weighted by Gasteiger charge is 2.32. The number of carboxylic acids is 1. The predicted molar refractivity (Wildman–Crippen MR) is 84.4 cm³/mol. The van der Waals surface area contributed by atoms with Crippen LogP contribution in [0.3, 0.4) is 0 Å². The molecule has 1 aliphatic rings. The van der Waals surface area contributed by atoms with E-state index in [0.717, 1.165) is 23.1 Å². The molecule has 22 heavy (non-hydrogen) atoms. The zero-order chi connectivity index (χ0) is 16.1. The molecule has 0 aromatic heterocycles. The van der Waals surface area contributed by atoms with Crippen molar-refractivity contribution in [2.45, 2.75) is 18.6 Å². The van der Waals surface area contributed by atoms with Gasteiger partial charge in [-0.15, -0.1) is 5.10 Å². The van der Waals surface area contributed by atoms with E-state index in [-0.39, 0.29) is 12.3 Å². The lowest BCUT2D eigenvalue weighted by molar-refractivity contribution is -0.138. The Morgan fingerprint density at radius 1 is 1.41 bits per heavy atom. The highest BCUT2D eigenvalue weighted by atomic mass is 32.2. The monoisotopic (exact) mass is 321 g/mol. The van der Waals surface area contributed by atoms with Crippen molar-refractivity contribution in [2.75, 3.05) is 7.11 Å². The Morgan fingerprint density at radius 3 is 2.68 bits per heavy atom. The first-order chi connectivity index (χ1) is 10.5. The summed E-state index contributed by atoms with van der Waals surface area (Å²) in [5, 5.41) is 18.9. The van der Waals surface area contributed by atoms with Crippen molar-refractivity contribution >= 4 is 34.5 Å². The molecule has 1 amide bonds. The number of carbonyl (C=O) groups is 2. The third-order valence-electron chi connectivity index (χ3n) is 2.94. The first-order valence-corrected chi connectivity index (χ1v) is 7.33. The quantitative estimate of drug-likeness (QED) is 0.632. The van der Waals surface area contributed by atoms with E-state index in [4.69, 9.17) is 9.84 Å². The number of nitrogens with one attached hydrogen (secondary N) is 1. The van der Waals surface area contributed by atoms with Crippen LogP contribution in [0.25, 0.3) is 0 Å². The Hall–Kier alpha value is -2.35. The lowest BCUT2D eigenvalue weighted by Crippen LogP contribution is -2.26. The number of carbonyl (C=O) groups excluding carboxylic acids is 1. The van der Waals surface area contributed by atoms with Crippen molar-refractivity contribution in [1.29, 1.82) is 0 Å². The standard InChI is InChI=1S/C14H15N3O4S/c1-8(9-3-5-10(21-2)6-4-9)16-17-14-15-13(20)11(22-14)7-12(18)19/h3-6,11H,7H2,1-2H3,(H,18,19)(H,15,17,20)/b16-8+/t11-/m1/s1. The number of rotatable bonds is 5. The molecule has 1 aromatic carbocycles. The fourth-order valence-corrected chi connectivity index (χ4v) is 2.66. The molecule has 0 radical (unpaired) electrons. The van der Waals surface area contributed by atoms with Crippen LogP contribution in [-0.4, -0.2) is 40.2 Å². The first kappa shape index (κ1) is 16.0. The minimum Gasteiger partial charge on any atom is -0.497 e. The smallest absolute Gasteiger partial charge is 0.305 e. The largest absolute Gasteiger partial charge is 0.497 e. The molecule has 1 aliphatic heterocycles. The molecule has 0 unspecified atom stereocenters. The van der Waals surface area contributed by atoms with E-state index in [0.29, 0.717) is 10.9 Å². The van der Waals surface area contributed by atoms with E-state index >= 15 is 0 Å². The third-order valence-corrected chi connectivity index (χ3v) is 4.01. The maximum absolute atomic E-state index is 11.6. The van der Waals surface area contributed by atoms with E-state index < -0.39 is 11.2 Å². The molecule has 0 bridgehead atoms. The van der Waals surface area contributed by atoms with Crippen molar-refractivity contribution in [2.24, 2.45) is 10.2 Å². The molecule has 116 valence electrons. The number of hydrogen-bond acceptors (Lipinski definition) is 6. The van der Waals surface area contributed by atoms with Gasteiger partial charge in [-0.2, -0.15) is 5.10 Å². The third kappa shape index (κ3) is 4.08. The zero-order valence-corrected chi connectivity index (χ0v) is 12.9. The number of amides is 1. The van der Waals surface area contributed by atoms with Gasteiger partial charge in [0.25, 0.3) is 0 Å². The van der Waals surface area contributed by atoms with Gasteiger partial charge in [0.05, 0.1) is 19.2 Å². The van der Waals surface area contributed by atoms with Gasteiger partial charge in [0, 0.05) is 0 Å². The Balaban J connectivity index is 2.06. The van der Waals surface area contributed by atoms with Gasteiger partial charge in [0.15, 0.2) is 5.17 Å². The molecular formula is C14H15N3O4S. The van der Waals surface area contributed by atoms with Crippen molar-refractivity contribution < 1.29 is 19.4 Å². The van der Waals surface area contributed by atoms with Crippen molar-refractivity contribution in [1.82, 2.24) is 5.32 Å². The number of methoxy groups -OCH3 is 1. The van der Waals surface area contributed by atoms with Crippen LogP contribution in [0.5, 0.6) is 5.75 Å². The fourth-order valence-electron chi connectivity index (χ4n) is 1.76. The molecule has 1 aromatic rings. The van der Waals surface area contributed by atoms with Gasteiger partial charge < -0.3 is 15.2 Å². The molecule has 2 rings (SSSR count). The minimum atomic E-state index is -1.02. The number of amidine groups is 1. The van der Waals surface area contributed by atoms with Gasteiger partial charge in [0.2, 0.25) is 5.91 Å². The van der Waals surface area contributed by atoms with Crippen LogP contribution in [0.2, 0.25) is 0 Å². The minimum absolute atomic E-state index is 0.239. The molecule has 1 heterocycles. The van der Waals surface area contributed by atoms with Crippen molar-refractivity contribution in [3.63, 3.8) is 0 Å². The zero-order valence-electron chi connectivity index (χ0n) is 12.1. The lowest BCUT2D eigenvalue weighted by atomic mass is 10.1. The maximum Gasteiger partial charge on any atom is 0.305 e. The van der Waals surface area contributed by atoms with Crippen molar-refractivity contribution in [3.8, 4) is 5.75 Å². The maximum atomic E-state index is 11.6. The van der Waals surface area contributed by atoms with E-state index in [1.165, 1.54) is 0 Å². The van der Waals surface area contributed by atoms with Gasteiger partial charge in [-0.1, -0.05) is 11.8 Å². The number of aliphatic carboxylic acids is 1. The number of nitrogens with zero attached hydrogens (tertiary/aromatic N) is 2. The van der Waals surface area contributed by atoms with Gasteiger partial charge in [-0.25, -0.2) is 0 Å². The summed E-state index contributed by atoms with van der Waals surface area (Å²) in [6, 6.07) is 7.34. The summed E-state index contributed by atoms with van der Waals surface area (Å²) >= 11 is 1.07. The highest BCUT2D eigenvalue weighted by molar-refractivity contribution is 8.15. The number of ether oxygens (including phenoxy) is 1. The van der Waals surface area contributed by atoms with Crippen LogP contribution < -0.4 is 10.1 Å². The molecule has 0 saturated carbocycles. The average molecular weight is 321 g/mol. The summed E-state index contributed by atoms with van der Waals surface area (Å²) in [5.74, 6) is -0.631. The van der Waals surface area contributed by atoms with Crippen molar-refractivity contribution in [3.05, 3.63) is 29.8 Å². The number of thioether (sulfide) groups is 1. The Labute approximate surface area is 131 Å². The predicted octanol–water partition coefficient (Wildman–Crippen LogP) is 1.48. The van der Waals surface area contributed by atoms with Crippen LogP contribution in [-0.2, 0) is 9.59 Å². The van der Waals surface area contributed by atoms with E-state index in [9.17, 15) is 9.59 Å². The molecule has 0 spiro atoms.